The topological polar surface area (TPSA) is 49.4 Å². The van der Waals surface area contributed by atoms with Gasteiger partial charge in [0, 0.05) is 21.1 Å². The van der Waals surface area contributed by atoms with E-state index in [1.807, 2.05) is 13.0 Å². The number of nitrogens with zero attached hydrogens (tertiary/aromatic N) is 1. The third kappa shape index (κ3) is 2.30. The van der Waals surface area contributed by atoms with Gasteiger partial charge in [0.25, 0.3) is 0 Å². The van der Waals surface area contributed by atoms with Crippen LogP contribution in [0.1, 0.15) is 5.56 Å². The van der Waals surface area contributed by atoms with E-state index in [-0.39, 0.29) is 0 Å². The van der Waals surface area contributed by atoms with Gasteiger partial charge in [0.1, 0.15) is 4.90 Å². The molecule has 0 aliphatic heterocycles. The molecule has 0 bridgehead atoms. The standard InChI is InChI=1S/C10H16N2O2S/c1-8-5-6-9(11-2)10(7-8)15(13,14)12(3)4/h5-7,11H,1-4H3. The van der Waals surface area contributed by atoms with Crippen LogP contribution in [0, 0.1) is 6.92 Å². The van der Waals surface area contributed by atoms with E-state index in [9.17, 15) is 8.42 Å². The zero-order valence-corrected chi connectivity index (χ0v) is 10.2. The molecule has 0 saturated heterocycles. The molecule has 0 spiro atoms. The first-order valence-corrected chi connectivity index (χ1v) is 6.04. The molecule has 1 aromatic rings. The summed E-state index contributed by atoms with van der Waals surface area (Å²) in [6, 6.07) is 5.31. The fourth-order valence-electron chi connectivity index (χ4n) is 1.25. The van der Waals surface area contributed by atoms with Gasteiger partial charge in [-0.1, -0.05) is 6.07 Å². The first kappa shape index (κ1) is 12.0. The molecular formula is C10H16N2O2S. The van der Waals surface area contributed by atoms with Gasteiger partial charge in [-0.15, -0.1) is 0 Å². The summed E-state index contributed by atoms with van der Waals surface area (Å²) in [4.78, 5) is 0.315. The maximum Gasteiger partial charge on any atom is 0.244 e. The summed E-state index contributed by atoms with van der Waals surface area (Å²) in [5.74, 6) is 0. The van der Waals surface area contributed by atoms with Crippen LogP contribution < -0.4 is 5.32 Å². The highest BCUT2D eigenvalue weighted by atomic mass is 32.2. The highest BCUT2D eigenvalue weighted by molar-refractivity contribution is 7.89. The van der Waals surface area contributed by atoms with Gasteiger partial charge in [-0.2, -0.15) is 0 Å². The second-order valence-electron chi connectivity index (χ2n) is 3.54. The zero-order chi connectivity index (χ0) is 11.6. The SMILES string of the molecule is CNc1ccc(C)cc1S(=O)(=O)N(C)C. The summed E-state index contributed by atoms with van der Waals surface area (Å²) in [5.41, 5.74) is 1.55. The Morgan fingerprint density at radius 1 is 1.27 bits per heavy atom. The average Bonchev–Trinajstić information content (AvgIpc) is 2.17. The van der Waals surface area contributed by atoms with E-state index in [1.165, 1.54) is 18.4 Å². The zero-order valence-electron chi connectivity index (χ0n) is 9.40. The summed E-state index contributed by atoms with van der Waals surface area (Å²) in [6.07, 6.45) is 0. The van der Waals surface area contributed by atoms with Crippen LogP contribution in [0.2, 0.25) is 0 Å². The fraction of sp³-hybridized carbons (Fsp3) is 0.400. The maximum absolute atomic E-state index is 11.9. The molecule has 0 unspecified atom stereocenters. The summed E-state index contributed by atoms with van der Waals surface area (Å²) < 4.78 is 25.1. The Bertz CT molecular complexity index is 452. The Morgan fingerprint density at radius 3 is 2.33 bits per heavy atom. The number of hydrogen-bond donors (Lipinski definition) is 1. The van der Waals surface area contributed by atoms with Crippen molar-refractivity contribution >= 4 is 15.7 Å². The number of hydrogen-bond acceptors (Lipinski definition) is 3. The van der Waals surface area contributed by atoms with Gasteiger partial charge in [-0.05, 0) is 24.6 Å². The minimum absolute atomic E-state index is 0.315. The number of sulfonamides is 1. The number of aryl methyl sites for hydroxylation is 1. The van der Waals surface area contributed by atoms with Crippen molar-refractivity contribution in [3.05, 3.63) is 23.8 Å². The van der Waals surface area contributed by atoms with Gasteiger partial charge in [0.05, 0.1) is 5.69 Å². The second kappa shape index (κ2) is 4.20. The molecule has 0 aliphatic rings. The van der Waals surface area contributed by atoms with Crippen molar-refractivity contribution in [2.45, 2.75) is 11.8 Å². The predicted octanol–water partition coefficient (Wildman–Crippen LogP) is 1.29. The predicted molar refractivity (Wildman–Crippen MR) is 61.6 cm³/mol. The van der Waals surface area contributed by atoms with E-state index in [0.29, 0.717) is 10.6 Å². The maximum atomic E-state index is 11.9. The Morgan fingerprint density at radius 2 is 1.87 bits per heavy atom. The van der Waals surface area contributed by atoms with E-state index in [2.05, 4.69) is 5.32 Å². The molecule has 0 aliphatic carbocycles. The lowest BCUT2D eigenvalue weighted by molar-refractivity contribution is 0.521. The fourth-order valence-corrected chi connectivity index (χ4v) is 2.42. The van der Waals surface area contributed by atoms with Crippen LogP contribution in [-0.2, 0) is 10.0 Å². The lowest BCUT2D eigenvalue weighted by Crippen LogP contribution is -2.23. The molecule has 5 heteroatoms. The highest BCUT2D eigenvalue weighted by Crippen LogP contribution is 2.24. The molecular weight excluding hydrogens is 212 g/mol. The van der Waals surface area contributed by atoms with Crippen LogP contribution in [0.25, 0.3) is 0 Å². The van der Waals surface area contributed by atoms with Crippen LogP contribution in [0.4, 0.5) is 5.69 Å². The largest absolute Gasteiger partial charge is 0.387 e. The normalized spacial score (nSPS) is 11.8. The first-order valence-electron chi connectivity index (χ1n) is 4.60. The molecule has 0 fully saturated rings. The van der Waals surface area contributed by atoms with Crippen molar-refractivity contribution in [1.82, 2.24) is 4.31 Å². The molecule has 1 N–H and O–H groups in total. The van der Waals surface area contributed by atoms with E-state index in [4.69, 9.17) is 0 Å². The van der Waals surface area contributed by atoms with Crippen LogP contribution in [0.15, 0.2) is 23.1 Å². The molecule has 0 saturated carbocycles. The third-order valence-electron chi connectivity index (χ3n) is 2.17. The first-order chi connectivity index (χ1) is 6.89. The molecule has 4 nitrogen and oxygen atoms in total. The van der Waals surface area contributed by atoms with Crippen molar-refractivity contribution in [2.75, 3.05) is 26.5 Å². The van der Waals surface area contributed by atoms with Gasteiger partial charge in [-0.25, -0.2) is 12.7 Å². The van der Waals surface area contributed by atoms with Gasteiger partial charge in [-0.3, -0.25) is 0 Å². The minimum atomic E-state index is -3.37. The van der Waals surface area contributed by atoms with Gasteiger partial charge in [0.15, 0.2) is 0 Å². The lowest BCUT2D eigenvalue weighted by atomic mass is 10.2. The van der Waals surface area contributed by atoms with Crippen molar-refractivity contribution in [3.8, 4) is 0 Å². The molecule has 0 radical (unpaired) electrons. The number of rotatable bonds is 3. The van der Waals surface area contributed by atoms with Crippen molar-refractivity contribution in [1.29, 1.82) is 0 Å². The monoisotopic (exact) mass is 228 g/mol. The van der Waals surface area contributed by atoms with Gasteiger partial charge >= 0.3 is 0 Å². The van der Waals surface area contributed by atoms with Crippen LogP contribution in [-0.4, -0.2) is 33.9 Å². The number of benzene rings is 1. The van der Waals surface area contributed by atoms with E-state index in [1.54, 1.807) is 19.2 Å². The van der Waals surface area contributed by atoms with Crippen LogP contribution >= 0.6 is 0 Å². The molecule has 0 aromatic heterocycles. The van der Waals surface area contributed by atoms with Crippen LogP contribution in [0.3, 0.4) is 0 Å². The summed E-state index contributed by atoms with van der Waals surface area (Å²) in [7, 11) is 1.39. The van der Waals surface area contributed by atoms with Crippen molar-refractivity contribution in [2.24, 2.45) is 0 Å². The quantitative estimate of drug-likeness (QED) is 0.848. The minimum Gasteiger partial charge on any atom is -0.387 e. The number of nitrogens with one attached hydrogen (secondary N) is 1. The van der Waals surface area contributed by atoms with Crippen molar-refractivity contribution < 1.29 is 8.42 Å². The highest BCUT2D eigenvalue weighted by Gasteiger charge is 2.20. The summed E-state index contributed by atoms with van der Waals surface area (Å²) in [5, 5.41) is 2.88. The molecule has 15 heavy (non-hydrogen) atoms. The Kier molecular flexibility index (Phi) is 3.36. The average molecular weight is 228 g/mol. The Hall–Kier alpha value is -1.07. The molecule has 84 valence electrons. The molecule has 1 aromatic carbocycles. The van der Waals surface area contributed by atoms with Gasteiger partial charge < -0.3 is 5.32 Å². The molecule has 1 rings (SSSR count). The lowest BCUT2D eigenvalue weighted by Gasteiger charge is -2.15. The molecule has 0 heterocycles. The second-order valence-corrected chi connectivity index (χ2v) is 5.66. The van der Waals surface area contributed by atoms with E-state index in [0.717, 1.165) is 5.56 Å². The van der Waals surface area contributed by atoms with E-state index >= 15 is 0 Å². The van der Waals surface area contributed by atoms with Crippen LogP contribution in [0.5, 0.6) is 0 Å². The smallest absolute Gasteiger partial charge is 0.244 e. The Balaban J connectivity index is 3.42. The van der Waals surface area contributed by atoms with E-state index < -0.39 is 10.0 Å². The molecule has 0 atom stereocenters. The molecule has 0 amide bonds. The summed E-state index contributed by atoms with van der Waals surface area (Å²) in [6.45, 7) is 1.87. The number of anilines is 1. The third-order valence-corrected chi connectivity index (χ3v) is 4.02. The summed E-state index contributed by atoms with van der Waals surface area (Å²) >= 11 is 0. The Labute approximate surface area is 91.0 Å². The van der Waals surface area contributed by atoms with Crippen molar-refractivity contribution in [3.63, 3.8) is 0 Å². The van der Waals surface area contributed by atoms with Gasteiger partial charge in [0.2, 0.25) is 10.0 Å².